The normalized spacial score (nSPS) is 10.7. The van der Waals surface area contributed by atoms with Crippen molar-refractivity contribution in [2.45, 2.75) is 20.3 Å². The molecule has 0 aliphatic heterocycles. The summed E-state index contributed by atoms with van der Waals surface area (Å²) in [5.41, 5.74) is 0. The van der Waals surface area contributed by atoms with Gasteiger partial charge in [-0.05, 0) is 26.1 Å². The van der Waals surface area contributed by atoms with Crippen molar-refractivity contribution in [1.29, 1.82) is 0 Å². The van der Waals surface area contributed by atoms with Crippen LogP contribution in [0.15, 0.2) is 12.3 Å². The molecule has 6 heteroatoms. The quantitative estimate of drug-likeness (QED) is 0.719. The number of hydrogen-bond acceptors (Lipinski definition) is 3. The molecule has 1 heterocycles. The maximum Gasteiger partial charge on any atom is 0.320 e. The zero-order valence-electron chi connectivity index (χ0n) is 11.4. The van der Waals surface area contributed by atoms with Gasteiger partial charge >= 0.3 is 6.03 Å². The topological polar surface area (TPSA) is 62.2 Å². The average Bonchev–Trinajstić information content (AvgIpc) is 2.75. The van der Waals surface area contributed by atoms with E-state index in [2.05, 4.69) is 34.5 Å². The average molecular weight is 253 g/mol. The Morgan fingerprint density at radius 1 is 1.44 bits per heavy atom. The first-order valence-corrected chi connectivity index (χ1v) is 6.42. The molecule has 0 spiro atoms. The summed E-state index contributed by atoms with van der Waals surface area (Å²) in [4.78, 5) is 13.9. The van der Waals surface area contributed by atoms with Crippen molar-refractivity contribution in [3.63, 3.8) is 0 Å². The van der Waals surface area contributed by atoms with Crippen LogP contribution in [0.4, 0.5) is 10.6 Å². The Morgan fingerprint density at radius 3 is 2.72 bits per heavy atom. The summed E-state index contributed by atoms with van der Waals surface area (Å²) in [6.07, 6.45) is 2.61. The fourth-order valence-electron chi connectivity index (χ4n) is 1.70. The smallest absolute Gasteiger partial charge is 0.320 e. The number of carbonyl (C=O) groups excluding carboxylic acids is 1. The van der Waals surface area contributed by atoms with Crippen LogP contribution in [0, 0.1) is 0 Å². The van der Waals surface area contributed by atoms with E-state index >= 15 is 0 Å². The van der Waals surface area contributed by atoms with E-state index in [1.807, 2.05) is 0 Å². The lowest BCUT2D eigenvalue weighted by Gasteiger charge is -2.17. The Balaban J connectivity index is 2.16. The zero-order chi connectivity index (χ0) is 13.4. The van der Waals surface area contributed by atoms with Gasteiger partial charge in [0, 0.05) is 19.7 Å². The van der Waals surface area contributed by atoms with Crippen LogP contribution in [0.2, 0.25) is 0 Å². The van der Waals surface area contributed by atoms with Crippen LogP contribution >= 0.6 is 0 Å². The van der Waals surface area contributed by atoms with E-state index in [1.165, 1.54) is 0 Å². The van der Waals surface area contributed by atoms with Crippen LogP contribution in [-0.2, 0) is 7.05 Å². The summed E-state index contributed by atoms with van der Waals surface area (Å²) in [5.74, 6) is 0.691. The number of aryl methyl sites for hydroxylation is 1. The number of carbonyl (C=O) groups is 1. The minimum Gasteiger partial charge on any atom is -0.338 e. The molecule has 0 bridgehead atoms. The Hall–Kier alpha value is -1.56. The second-order valence-corrected chi connectivity index (χ2v) is 4.10. The third kappa shape index (κ3) is 4.75. The number of hydrogen-bond donors (Lipinski definition) is 2. The van der Waals surface area contributed by atoms with Crippen molar-refractivity contribution in [1.82, 2.24) is 20.0 Å². The number of anilines is 1. The molecule has 0 fully saturated rings. The van der Waals surface area contributed by atoms with Crippen LogP contribution in [0.25, 0.3) is 0 Å². The van der Waals surface area contributed by atoms with Gasteiger partial charge in [-0.3, -0.25) is 10.00 Å². The largest absolute Gasteiger partial charge is 0.338 e. The second kappa shape index (κ2) is 7.71. The molecule has 1 aromatic rings. The minimum absolute atomic E-state index is 0.182. The monoisotopic (exact) mass is 253 g/mol. The number of urea groups is 1. The molecule has 0 unspecified atom stereocenters. The first-order chi connectivity index (χ1) is 8.67. The lowest BCUT2D eigenvalue weighted by Crippen LogP contribution is -2.33. The summed E-state index contributed by atoms with van der Waals surface area (Å²) in [6.45, 7) is 8.09. The third-order valence-electron chi connectivity index (χ3n) is 2.89. The lowest BCUT2D eigenvalue weighted by atomic mass is 10.3. The molecular weight excluding hydrogens is 230 g/mol. The Bertz CT molecular complexity index is 359. The van der Waals surface area contributed by atoms with Crippen LogP contribution < -0.4 is 10.6 Å². The molecule has 2 N–H and O–H groups in total. The predicted molar refractivity (Wildman–Crippen MR) is 72.6 cm³/mol. The summed E-state index contributed by atoms with van der Waals surface area (Å²) in [7, 11) is 1.79. The number of aromatic nitrogens is 2. The van der Waals surface area contributed by atoms with Crippen molar-refractivity contribution < 1.29 is 4.79 Å². The van der Waals surface area contributed by atoms with E-state index in [4.69, 9.17) is 0 Å². The molecule has 0 aliphatic rings. The van der Waals surface area contributed by atoms with Gasteiger partial charge in [-0.2, -0.15) is 5.10 Å². The first-order valence-electron chi connectivity index (χ1n) is 6.42. The highest BCUT2D eigenvalue weighted by Crippen LogP contribution is 2.02. The summed E-state index contributed by atoms with van der Waals surface area (Å²) in [5, 5.41) is 9.56. The van der Waals surface area contributed by atoms with Crippen molar-refractivity contribution in [2.24, 2.45) is 7.05 Å². The van der Waals surface area contributed by atoms with Gasteiger partial charge in [0.1, 0.15) is 5.82 Å². The maximum atomic E-state index is 11.6. The molecule has 102 valence electrons. The number of rotatable bonds is 7. The fraction of sp³-hybridized carbons (Fsp3) is 0.667. The number of nitrogens with one attached hydrogen (secondary N) is 2. The standard InChI is InChI=1S/C12H23N5O/c1-4-17(5-2)10-6-8-13-12(18)15-11-7-9-14-16(11)3/h7,9H,4-6,8,10H2,1-3H3,(H2,13,15,18). The Morgan fingerprint density at radius 2 is 2.17 bits per heavy atom. The van der Waals surface area contributed by atoms with Crippen LogP contribution in [-0.4, -0.2) is 46.9 Å². The highest BCUT2D eigenvalue weighted by atomic mass is 16.2. The van der Waals surface area contributed by atoms with Gasteiger partial charge in [0.2, 0.25) is 0 Å². The molecule has 0 saturated carbocycles. The maximum absolute atomic E-state index is 11.6. The first kappa shape index (κ1) is 14.5. The van der Waals surface area contributed by atoms with E-state index in [-0.39, 0.29) is 6.03 Å². The van der Waals surface area contributed by atoms with E-state index in [0.29, 0.717) is 12.4 Å². The SMILES string of the molecule is CCN(CC)CCCNC(=O)Nc1ccnn1C. The molecule has 1 rings (SSSR count). The lowest BCUT2D eigenvalue weighted by molar-refractivity contribution is 0.250. The van der Waals surface area contributed by atoms with E-state index < -0.39 is 0 Å². The molecule has 0 atom stereocenters. The van der Waals surface area contributed by atoms with Crippen molar-refractivity contribution >= 4 is 11.8 Å². The van der Waals surface area contributed by atoms with Gasteiger partial charge in [-0.1, -0.05) is 13.8 Å². The van der Waals surface area contributed by atoms with Gasteiger partial charge < -0.3 is 10.2 Å². The van der Waals surface area contributed by atoms with Gasteiger partial charge in [0.15, 0.2) is 0 Å². The number of nitrogens with zero attached hydrogens (tertiary/aromatic N) is 3. The molecule has 1 aromatic heterocycles. The Kier molecular flexibility index (Phi) is 6.21. The highest BCUT2D eigenvalue weighted by Gasteiger charge is 2.04. The van der Waals surface area contributed by atoms with Crippen LogP contribution in [0.1, 0.15) is 20.3 Å². The molecule has 0 aromatic carbocycles. The predicted octanol–water partition coefficient (Wildman–Crippen LogP) is 1.27. The molecule has 6 nitrogen and oxygen atoms in total. The van der Waals surface area contributed by atoms with Gasteiger partial charge in [-0.15, -0.1) is 0 Å². The van der Waals surface area contributed by atoms with Crippen molar-refractivity contribution in [3.8, 4) is 0 Å². The van der Waals surface area contributed by atoms with E-state index in [9.17, 15) is 4.79 Å². The van der Waals surface area contributed by atoms with Gasteiger partial charge in [0.25, 0.3) is 0 Å². The van der Waals surface area contributed by atoms with Crippen molar-refractivity contribution in [3.05, 3.63) is 12.3 Å². The van der Waals surface area contributed by atoms with Gasteiger partial charge in [0.05, 0.1) is 6.20 Å². The highest BCUT2D eigenvalue weighted by molar-refractivity contribution is 5.88. The fourth-order valence-corrected chi connectivity index (χ4v) is 1.70. The van der Waals surface area contributed by atoms with Crippen LogP contribution in [0.3, 0.4) is 0 Å². The molecule has 0 aliphatic carbocycles. The summed E-state index contributed by atoms with van der Waals surface area (Å²) >= 11 is 0. The number of amides is 2. The molecule has 0 radical (unpaired) electrons. The Labute approximate surface area is 108 Å². The minimum atomic E-state index is -0.182. The summed E-state index contributed by atoms with van der Waals surface area (Å²) in [6, 6.07) is 1.58. The molecule has 18 heavy (non-hydrogen) atoms. The van der Waals surface area contributed by atoms with E-state index in [1.54, 1.807) is 24.0 Å². The van der Waals surface area contributed by atoms with E-state index in [0.717, 1.165) is 26.1 Å². The third-order valence-corrected chi connectivity index (χ3v) is 2.89. The molecule has 2 amide bonds. The van der Waals surface area contributed by atoms with Gasteiger partial charge in [-0.25, -0.2) is 4.79 Å². The second-order valence-electron chi connectivity index (χ2n) is 4.10. The zero-order valence-corrected chi connectivity index (χ0v) is 11.4. The summed E-state index contributed by atoms with van der Waals surface area (Å²) < 4.78 is 1.62. The van der Waals surface area contributed by atoms with Crippen molar-refractivity contribution in [2.75, 3.05) is 31.5 Å². The molecular formula is C12H23N5O. The van der Waals surface area contributed by atoms with Crippen LogP contribution in [0.5, 0.6) is 0 Å². The molecule has 0 saturated heterocycles.